The Balaban J connectivity index is 1.64. The molecule has 7 heteroatoms. The second-order valence-electron chi connectivity index (χ2n) is 6.87. The van der Waals surface area contributed by atoms with Gasteiger partial charge in [-0.25, -0.2) is 4.68 Å². The zero-order valence-corrected chi connectivity index (χ0v) is 17.7. The molecular formula is C24H21ClN4O2. The van der Waals surface area contributed by atoms with Gasteiger partial charge in [0.15, 0.2) is 0 Å². The summed E-state index contributed by atoms with van der Waals surface area (Å²) < 4.78 is 6.93. The van der Waals surface area contributed by atoms with Gasteiger partial charge in [0.2, 0.25) is 0 Å². The van der Waals surface area contributed by atoms with E-state index in [9.17, 15) is 4.79 Å². The molecule has 0 atom stereocenters. The Morgan fingerprint density at radius 3 is 2.71 bits per heavy atom. The molecule has 0 saturated carbocycles. The van der Waals surface area contributed by atoms with Crippen LogP contribution in [0.2, 0.25) is 5.02 Å². The maximum absolute atomic E-state index is 13.0. The number of hydrogen-bond donors (Lipinski definition) is 1. The van der Waals surface area contributed by atoms with E-state index in [1.807, 2.05) is 54.6 Å². The molecule has 156 valence electrons. The highest BCUT2D eigenvalue weighted by Gasteiger charge is 2.18. The Bertz CT molecular complexity index is 1190. The van der Waals surface area contributed by atoms with Gasteiger partial charge >= 0.3 is 0 Å². The van der Waals surface area contributed by atoms with E-state index in [-0.39, 0.29) is 5.91 Å². The molecule has 1 amide bonds. The second-order valence-corrected chi connectivity index (χ2v) is 7.30. The van der Waals surface area contributed by atoms with Crippen LogP contribution in [0.25, 0.3) is 16.9 Å². The monoisotopic (exact) mass is 432 g/mol. The van der Waals surface area contributed by atoms with Gasteiger partial charge in [-0.15, -0.1) is 0 Å². The van der Waals surface area contributed by atoms with Crippen molar-refractivity contribution in [1.82, 2.24) is 20.1 Å². The van der Waals surface area contributed by atoms with Gasteiger partial charge in [0.1, 0.15) is 11.4 Å². The fraction of sp³-hybridized carbons (Fsp3) is 0.125. The van der Waals surface area contributed by atoms with Crippen LogP contribution in [0.4, 0.5) is 0 Å². The summed E-state index contributed by atoms with van der Waals surface area (Å²) in [7, 11) is 1.62. The van der Waals surface area contributed by atoms with Crippen molar-refractivity contribution in [2.45, 2.75) is 6.42 Å². The van der Waals surface area contributed by atoms with E-state index >= 15 is 0 Å². The third kappa shape index (κ3) is 4.92. The van der Waals surface area contributed by atoms with Crippen LogP contribution in [-0.4, -0.2) is 34.3 Å². The molecular weight excluding hydrogens is 412 g/mol. The number of aromatic nitrogens is 3. The topological polar surface area (TPSA) is 69.0 Å². The van der Waals surface area contributed by atoms with E-state index in [0.29, 0.717) is 35.1 Å². The van der Waals surface area contributed by atoms with Crippen LogP contribution in [0.3, 0.4) is 0 Å². The number of benzene rings is 2. The van der Waals surface area contributed by atoms with Crippen molar-refractivity contribution in [3.05, 3.63) is 95.4 Å². The van der Waals surface area contributed by atoms with Crippen molar-refractivity contribution in [2.24, 2.45) is 0 Å². The summed E-state index contributed by atoms with van der Waals surface area (Å²) in [5.41, 5.74) is 3.55. The zero-order chi connectivity index (χ0) is 21.6. The van der Waals surface area contributed by atoms with Crippen molar-refractivity contribution in [2.75, 3.05) is 13.7 Å². The summed E-state index contributed by atoms with van der Waals surface area (Å²) in [5, 5.41) is 8.21. The molecule has 0 unspecified atom stereocenters. The molecule has 0 fully saturated rings. The minimum atomic E-state index is -0.224. The summed E-state index contributed by atoms with van der Waals surface area (Å²) in [6.45, 7) is 0.463. The van der Waals surface area contributed by atoms with Gasteiger partial charge in [0.25, 0.3) is 5.91 Å². The number of halogens is 1. The minimum absolute atomic E-state index is 0.224. The largest absolute Gasteiger partial charge is 0.497 e. The zero-order valence-electron chi connectivity index (χ0n) is 17.0. The molecule has 31 heavy (non-hydrogen) atoms. The SMILES string of the molecule is COc1cccc(-c2cc(C(=O)NCCc3ccccn3)n(-c3cccc(Cl)c3)n2)c1. The number of carbonyl (C=O) groups is 1. The molecule has 0 aliphatic carbocycles. The number of ether oxygens (including phenoxy) is 1. The van der Waals surface area contributed by atoms with Gasteiger partial charge in [0.05, 0.1) is 18.5 Å². The van der Waals surface area contributed by atoms with Crippen molar-refractivity contribution < 1.29 is 9.53 Å². The highest BCUT2D eigenvalue weighted by molar-refractivity contribution is 6.30. The lowest BCUT2D eigenvalue weighted by Gasteiger charge is -2.08. The highest BCUT2D eigenvalue weighted by Crippen LogP contribution is 2.26. The molecule has 0 bridgehead atoms. The van der Waals surface area contributed by atoms with E-state index in [1.165, 1.54) is 0 Å². The van der Waals surface area contributed by atoms with E-state index in [1.54, 1.807) is 36.2 Å². The number of amides is 1. The first-order valence-corrected chi connectivity index (χ1v) is 10.2. The van der Waals surface area contributed by atoms with Gasteiger partial charge in [0, 0.05) is 35.4 Å². The number of carbonyl (C=O) groups excluding carboxylic acids is 1. The number of rotatable bonds is 7. The normalized spacial score (nSPS) is 10.6. The predicted octanol–water partition coefficient (Wildman–Crippen LogP) is 4.57. The van der Waals surface area contributed by atoms with Crippen LogP contribution in [0.5, 0.6) is 5.75 Å². The van der Waals surface area contributed by atoms with Gasteiger partial charge < -0.3 is 10.1 Å². The Morgan fingerprint density at radius 2 is 1.94 bits per heavy atom. The van der Waals surface area contributed by atoms with Crippen molar-refractivity contribution >= 4 is 17.5 Å². The molecule has 0 radical (unpaired) electrons. The minimum Gasteiger partial charge on any atom is -0.497 e. The fourth-order valence-corrected chi connectivity index (χ4v) is 3.40. The molecule has 0 saturated heterocycles. The lowest BCUT2D eigenvalue weighted by atomic mass is 10.1. The van der Waals surface area contributed by atoms with E-state index < -0.39 is 0 Å². The molecule has 2 heterocycles. The Morgan fingerprint density at radius 1 is 1.06 bits per heavy atom. The lowest BCUT2D eigenvalue weighted by Crippen LogP contribution is -2.28. The van der Waals surface area contributed by atoms with Crippen LogP contribution >= 0.6 is 11.6 Å². The number of pyridine rings is 1. The highest BCUT2D eigenvalue weighted by atomic mass is 35.5. The molecule has 0 aliphatic rings. The average molecular weight is 433 g/mol. The van der Waals surface area contributed by atoms with Crippen LogP contribution in [0.15, 0.2) is 79.0 Å². The predicted molar refractivity (Wildman–Crippen MR) is 121 cm³/mol. The molecule has 1 N–H and O–H groups in total. The third-order valence-electron chi connectivity index (χ3n) is 4.75. The molecule has 2 aromatic heterocycles. The Hall–Kier alpha value is -3.64. The summed E-state index contributed by atoms with van der Waals surface area (Å²) in [4.78, 5) is 17.3. The van der Waals surface area contributed by atoms with Crippen molar-refractivity contribution in [3.8, 4) is 22.7 Å². The fourth-order valence-electron chi connectivity index (χ4n) is 3.21. The number of hydrogen-bond acceptors (Lipinski definition) is 4. The van der Waals surface area contributed by atoms with Gasteiger partial charge in [-0.1, -0.05) is 35.9 Å². The standard InChI is InChI=1S/C24H21ClN4O2/c1-31-21-10-4-6-17(14-21)22-16-23(29(28-22)20-9-5-7-18(25)15-20)24(30)27-13-11-19-8-2-3-12-26-19/h2-10,12,14-16H,11,13H2,1H3,(H,27,30). The molecule has 0 spiro atoms. The summed E-state index contributed by atoms with van der Waals surface area (Å²) >= 11 is 6.18. The molecule has 6 nitrogen and oxygen atoms in total. The van der Waals surface area contributed by atoms with Gasteiger partial charge in [-0.2, -0.15) is 5.10 Å². The Labute approximate surface area is 185 Å². The summed E-state index contributed by atoms with van der Waals surface area (Å²) in [6, 6.07) is 22.3. The van der Waals surface area contributed by atoms with Crippen molar-refractivity contribution in [1.29, 1.82) is 0 Å². The van der Waals surface area contributed by atoms with Crippen molar-refractivity contribution in [3.63, 3.8) is 0 Å². The van der Waals surface area contributed by atoms with Gasteiger partial charge in [-0.05, 0) is 48.5 Å². The van der Waals surface area contributed by atoms with E-state index in [0.717, 1.165) is 17.0 Å². The smallest absolute Gasteiger partial charge is 0.270 e. The van der Waals surface area contributed by atoms with Crippen LogP contribution in [0.1, 0.15) is 16.2 Å². The first kappa shape index (κ1) is 20.6. The molecule has 4 aromatic rings. The van der Waals surface area contributed by atoms with Gasteiger partial charge in [-0.3, -0.25) is 9.78 Å². The van der Waals surface area contributed by atoms with E-state index in [4.69, 9.17) is 16.3 Å². The first-order valence-electron chi connectivity index (χ1n) is 9.82. The maximum Gasteiger partial charge on any atom is 0.270 e. The van der Waals surface area contributed by atoms with Crippen LogP contribution < -0.4 is 10.1 Å². The first-order chi connectivity index (χ1) is 15.1. The van der Waals surface area contributed by atoms with E-state index in [2.05, 4.69) is 15.4 Å². The quantitative estimate of drug-likeness (QED) is 0.464. The Kier molecular flexibility index (Phi) is 6.29. The lowest BCUT2D eigenvalue weighted by molar-refractivity contribution is 0.0946. The van der Waals surface area contributed by atoms with Crippen LogP contribution in [-0.2, 0) is 6.42 Å². The number of nitrogens with zero attached hydrogens (tertiary/aromatic N) is 3. The number of methoxy groups -OCH3 is 1. The molecule has 2 aromatic carbocycles. The van der Waals surface area contributed by atoms with Crippen LogP contribution in [0, 0.1) is 0 Å². The summed E-state index contributed by atoms with van der Waals surface area (Å²) in [6.07, 6.45) is 2.38. The second kappa shape index (κ2) is 9.45. The molecule has 0 aliphatic heterocycles. The number of nitrogens with one attached hydrogen (secondary N) is 1. The maximum atomic E-state index is 13.0. The molecule has 4 rings (SSSR count). The third-order valence-corrected chi connectivity index (χ3v) is 4.99. The summed E-state index contributed by atoms with van der Waals surface area (Å²) in [5.74, 6) is 0.494. The average Bonchev–Trinajstić information content (AvgIpc) is 3.26.